The van der Waals surface area contributed by atoms with Crippen molar-refractivity contribution in [3.8, 4) is 17.2 Å². The maximum absolute atomic E-state index is 12.3. The number of carbonyl (C=O) groups excluding carboxylic acids is 1. The van der Waals surface area contributed by atoms with Crippen molar-refractivity contribution in [3.05, 3.63) is 47.5 Å². The fourth-order valence-electron chi connectivity index (χ4n) is 3.06. The Bertz CT molecular complexity index is 917. The number of amides is 1. The Kier molecular flexibility index (Phi) is 5.81. The van der Waals surface area contributed by atoms with E-state index in [2.05, 4.69) is 5.10 Å². The van der Waals surface area contributed by atoms with Crippen molar-refractivity contribution in [1.29, 1.82) is 0 Å². The molecule has 1 unspecified atom stereocenters. The maximum atomic E-state index is 12.3. The van der Waals surface area contributed by atoms with Gasteiger partial charge in [0.25, 0.3) is 0 Å². The van der Waals surface area contributed by atoms with Crippen LogP contribution in [-0.4, -0.2) is 52.2 Å². The topological polar surface area (TPSA) is 72.8 Å². The number of hydrazone groups is 1. The van der Waals surface area contributed by atoms with E-state index >= 15 is 0 Å². The molecule has 2 aromatic carbocycles. The number of ether oxygens (including phenoxy) is 4. The van der Waals surface area contributed by atoms with Gasteiger partial charge in [-0.15, -0.1) is 5.10 Å². The third-order valence-corrected chi connectivity index (χ3v) is 4.55. The van der Waals surface area contributed by atoms with Crippen molar-refractivity contribution >= 4 is 17.5 Å². The van der Waals surface area contributed by atoms with Gasteiger partial charge < -0.3 is 23.8 Å². The van der Waals surface area contributed by atoms with Gasteiger partial charge in [-0.3, -0.25) is 4.79 Å². The molecule has 1 aliphatic heterocycles. The Hall–Kier alpha value is -3.42. The van der Waals surface area contributed by atoms with E-state index in [0.29, 0.717) is 28.7 Å². The second-order valence-electron chi connectivity index (χ2n) is 6.64. The highest BCUT2D eigenvalue weighted by Gasteiger charge is 2.34. The van der Waals surface area contributed by atoms with E-state index < -0.39 is 6.23 Å². The molecule has 1 aliphatic rings. The van der Waals surface area contributed by atoms with Crippen LogP contribution in [0.25, 0.3) is 0 Å². The zero-order valence-corrected chi connectivity index (χ0v) is 17.4. The number of carbonyl (C=O) groups is 1. The molecule has 1 atom stereocenters. The Morgan fingerprint density at radius 1 is 1.07 bits per heavy atom. The summed E-state index contributed by atoms with van der Waals surface area (Å²) in [6.45, 7) is 1.44. The zero-order chi connectivity index (χ0) is 21.1. The van der Waals surface area contributed by atoms with Crippen LogP contribution >= 0.6 is 0 Å². The first-order chi connectivity index (χ1) is 13.9. The van der Waals surface area contributed by atoms with Gasteiger partial charge in [-0.2, -0.15) is 5.01 Å². The number of nitrogens with zero attached hydrogens (tertiary/aromatic N) is 3. The van der Waals surface area contributed by atoms with Gasteiger partial charge >= 0.3 is 0 Å². The number of hydrogen-bond donors (Lipinski definition) is 0. The molecule has 0 aliphatic carbocycles. The molecule has 0 N–H and O–H groups in total. The minimum Gasteiger partial charge on any atom is -0.493 e. The van der Waals surface area contributed by atoms with Crippen LogP contribution in [0, 0.1) is 0 Å². The molecule has 0 saturated heterocycles. The van der Waals surface area contributed by atoms with Crippen molar-refractivity contribution in [1.82, 2.24) is 5.01 Å². The van der Waals surface area contributed by atoms with Gasteiger partial charge in [0.05, 0.1) is 21.3 Å². The van der Waals surface area contributed by atoms with Crippen molar-refractivity contribution in [2.75, 3.05) is 40.3 Å². The smallest absolute Gasteiger partial charge is 0.243 e. The second-order valence-corrected chi connectivity index (χ2v) is 6.64. The molecule has 1 heterocycles. The van der Waals surface area contributed by atoms with E-state index in [9.17, 15) is 4.79 Å². The molecular formula is C21H25N3O5. The van der Waals surface area contributed by atoms with Gasteiger partial charge in [0.1, 0.15) is 0 Å². The fourth-order valence-corrected chi connectivity index (χ4v) is 3.06. The SMILES string of the molecule is COc1cc(C2OC(c3cccc(N(C)C)c3)=NN2C(C)=O)cc(OC)c1OC. The Morgan fingerprint density at radius 3 is 2.24 bits per heavy atom. The molecule has 3 rings (SSSR count). The monoisotopic (exact) mass is 399 g/mol. The van der Waals surface area contributed by atoms with Gasteiger partial charge in [0, 0.05) is 37.8 Å². The first-order valence-electron chi connectivity index (χ1n) is 9.02. The summed E-state index contributed by atoms with van der Waals surface area (Å²) in [7, 11) is 8.52. The summed E-state index contributed by atoms with van der Waals surface area (Å²) in [6, 6.07) is 11.2. The van der Waals surface area contributed by atoms with Crippen LogP contribution in [0.3, 0.4) is 0 Å². The van der Waals surface area contributed by atoms with Gasteiger partial charge in [-0.25, -0.2) is 0 Å². The molecule has 8 nitrogen and oxygen atoms in total. The Morgan fingerprint density at radius 2 is 1.72 bits per heavy atom. The molecule has 0 aromatic heterocycles. The molecule has 8 heteroatoms. The van der Waals surface area contributed by atoms with Crippen LogP contribution in [0.4, 0.5) is 5.69 Å². The predicted molar refractivity (Wildman–Crippen MR) is 110 cm³/mol. The molecule has 29 heavy (non-hydrogen) atoms. The number of hydrogen-bond acceptors (Lipinski definition) is 7. The van der Waals surface area contributed by atoms with E-state index in [1.165, 1.54) is 33.3 Å². The van der Waals surface area contributed by atoms with Crippen molar-refractivity contribution in [2.24, 2.45) is 5.10 Å². The quantitative estimate of drug-likeness (QED) is 0.744. The summed E-state index contributed by atoms with van der Waals surface area (Å²) in [4.78, 5) is 14.2. The molecule has 0 fully saturated rings. The molecular weight excluding hydrogens is 374 g/mol. The van der Waals surface area contributed by atoms with Gasteiger partial charge in [-0.05, 0) is 30.3 Å². The summed E-state index contributed by atoms with van der Waals surface area (Å²) >= 11 is 0. The van der Waals surface area contributed by atoms with Crippen LogP contribution < -0.4 is 19.1 Å². The van der Waals surface area contributed by atoms with Crippen LogP contribution in [0.15, 0.2) is 41.5 Å². The lowest BCUT2D eigenvalue weighted by atomic mass is 10.1. The molecule has 154 valence electrons. The highest BCUT2D eigenvalue weighted by Crippen LogP contribution is 2.42. The second kappa shape index (κ2) is 8.30. The van der Waals surface area contributed by atoms with Gasteiger partial charge in [0.15, 0.2) is 11.5 Å². The summed E-state index contributed by atoms with van der Waals surface area (Å²) in [6.07, 6.45) is -0.751. The molecule has 2 aromatic rings. The molecule has 0 spiro atoms. The average Bonchev–Trinajstić information content (AvgIpc) is 3.18. The zero-order valence-electron chi connectivity index (χ0n) is 17.4. The number of benzene rings is 2. The Balaban J connectivity index is 2.01. The van der Waals surface area contributed by atoms with Crippen molar-refractivity contribution < 1.29 is 23.7 Å². The summed E-state index contributed by atoms with van der Waals surface area (Å²) in [5.41, 5.74) is 2.43. The standard InChI is InChI=1S/C21H25N3O5/c1-13(25)24-21(15-11-17(26-4)19(28-6)18(12-15)27-5)29-20(22-24)14-8-7-9-16(10-14)23(2)3/h7-12,21H,1-6H3. The Labute approximate surface area is 170 Å². The summed E-state index contributed by atoms with van der Waals surface area (Å²) < 4.78 is 22.3. The van der Waals surface area contributed by atoms with Crippen molar-refractivity contribution in [2.45, 2.75) is 13.2 Å². The van der Waals surface area contributed by atoms with E-state index in [4.69, 9.17) is 18.9 Å². The van der Waals surface area contributed by atoms with Crippen LogP contribution in [0.1, 0.15) is 24.3 Å². The summed E-state index contributed by atoms with van der Waals surface area (Å²) in [5.74, 6) is 1.52. The number of methoxy groups -OCH3 is 3. The first kappa shape index (κ1) is 20.3. The first-order valence-corrected chi connectivity index (χ1v) is 9.02. The van der Waals surface area contributed by atoms with Gasteiger partial charge in [-0.1, -0.05) is 6.07 Å². The number of rotatable bonds is 6. The normalized spacial score (nSPS) is 15.4. The van der Waals surface area contributed by atoms with E-state index in [0.717, 1.165) is 11.3 Å². The molecule has 1 amide bonds. The minimum atomic E-state index is -0.751. The predicted octanol–water partition coefficient (Wildman–Crippen LogP) is 3.02. The highest BCUT2D eigenvalue weighted by molar-refractivity contribution is 5.97. The van der Waals surface area contributed by atoms with Crippen molar-refractivity contribution in [3.63, 3.8) is 0 Å². The lowest BCUT2D eigenvalue weighted by Crippen LogP contribution is -2.25. The van der Waals surface area contributed by atoms with Crippen LogP contribution in [0.2, 0.25) is 0 Å². The largest absolute Gasteiger partial charge is 0.493 e. The van der Waals surface area contributed by atoms with Crippen LogP contribution in [0.5, 0.6) is 17.2 Å². The lowest BCUT2D eigenvalue weighted by molar-refractivity contribution is -0.135. The number of anilines is 1. The van der Waals surface area contributed by atoms with E-state index in [1.54, 1.807) is 12.1 Å². The highest BCUT2D eigenvalue weighted by atomic mass is 16.5. The van der Waals surface area contributed by atoms with E-state index in [-0.39, 0.29) is 5.91 Å². The molecule has 0 bridgehead atoms. The average molecular weight is 399 g/mol. The van der Waals surface area contributed by atoms with Gasteiger partial charge in [0.2, 0.25) is 23.8 Å². The molecule has 0 radical (unpaired) electrons. The van der Waals surface area contributed by atoms with Crippen LogP contribution in [-0.2, 0) is 9.53 Å². The van der Waals surface area contributed by atoms with E-state index in [1.807, 2.05) is 43.3 Å². The third-order valence-electron chi connectivity index (χ3n) is 4.55. The lowest BCUT2D eigenvalue weighted by Gasteiger charge is -2.21. The third kappa shape index (κ3) is 3.91. The maximum Gasteiger partial charge on any atom is 0.243 e. The minimum absolute atomic E-state index is 0.248. The fraction of sp³-hybridized carbons (Fsp3) is 0.333. The molecule has 0 saturated carbocycles. The summed E-state index contributed by atoms with van der Waals surface area (Å²) in [5, 5.41) is 5.72.